The van der Waals surface area contributed by atoms with Gasteiger partial charge in [0.15, 0.2) is 17.2 Å². The number of urea groups is 1. The lowest BCUT2D eigenvalue weighted by Gasteiger charge is -2.23. The van der Waals surface area contributed by atoms with E-state index in [1.165, 1.54) is 18.2 Å². The van der Waals surface area contributed by atoms with E-state index in [1.54, 1.807) is 17.0 Å². The number of para-hydroxylation sites is 3. The Morgan fingerprint density at radius 1 is 0.974 bits per heavy atom. The lowest BCUT2D eigenvalue weighted by Crippen LogP contribution is -2.45. The highest BCUT2D eigenvalue weighted by Gasteiger charge is 2.57. The predicted octanol–water partition coefficient (Wildman–Crippen LogP) is 4.16. The third kappa shape index (κ3) is 3.88. The summed E-state index contributed by atoms with van der Waals surface area (Å²) in [5.74, 6) is 0.861. The van der Waals surface area contributed by atoms with E-state index in [4.69, 9.17) is 14.2 Å². The third-order valence-electron chi connectivity index (χ3n) is 6.63. The highest BCUT2D eigenvalue weighted by molar-refractivity contribution is 6.11. The molecule has 0 saturated carbocycles. The highest BCUT2D eigenvalue weighted by Crippen LogP contribution is 2.54. The van der Waals surface area contributed by atoms with Gasteiger partial charge in [0.05, 0.1) is 5.69 Å². The molecule has 3 aliphatic rings. The molecule has 3 heterocycles. The normalized spacial score (nSPS) is 18.7. The Kier molecular flexibility index (Phi) is 5.47. The van der Waals surface area contributed by atoms with E-state index in [-0.39, 0.29) is 38.1 Å². The number of nitrogens with one attached hydrogen (secondary N) is 2. The highest BCUT2D eigenvalue weighted by atomic mass is 19.4. The molecule has 38 heavy (non-hydrogen) atoms. The third-order valence-corrected chi connectivity index (χ3v) is 6.63. The molecule has 0 radical (unpaired) electrons. The van der Waals surface area contributed by atoms with Crippen molar-refractivity contribution in [1.29, 1.82) is 0 Å². The second-order valence-corrected chi connectivity index (χ2v) is 8.79. The Balaban J connectivity index is 1.18. The minimum absolute atomic E-state index is 0.0269. The van der Waals surface area contributed by atoms with Crippen molar-refractivity contribution < 1.29 is 41.7 Å². The number of hydrogen-bond donors (Lipinski definition) is 2. The lowest BCUT2D eigenvalue weighted by molar-refractivity contribution is -0.274. The molecule has 12 heteroatoms. The number of carbonyl (C=O) groups is 2. The zero-order chi connectivity index (χ0) is 26.5. The van der Waals surface area contributed by atoms with E-state index >= 15 is 0 Å². The number of alkyl halides is 3. The molecule has 0 aliphatic carbocycles. The van der Waals surface area contributed by atoms with Crippen LogP contribution in [0.1, 0.15) is 11.1 Å². The number of rotatable bonds is 5. The van der Waals surface area contributed by atoms with E-state index < -0.39 is 23.6 Å². The van der Waals surface area contributed by atoms with Crippen LogP contribution in [0.3, 0.4) is 0 Å². The molecule has 3 aromatic rings. The molecule has 0 aromatic heterocycles. The van der Waals surface area contributed by atoms with Crippen molar-refractivity contribution >= 4 is 23.3 Å². The standard InChI is InChI=1S/C26H20F3N3O6/c27-26(28,29)38-19-8-4-2-6-17(19)31-24(34)30-9-10-32-18-7-3-1-5-15(18)25(23(32)33)13-35-20-12-22-21(11-16(20)25)36-14-37-22/h1-8,11-12H,9-10,13-14H2,(H2,30,31,34). The Bertz CT molecular complexity index is 1450. The van der Waals surface area contributed by atoms with Gasteiger partial charge in [-0.15, -0.1) is 13.2 Å². The van der Waals surface area contributed by atoms with Gasteiger partial charge in [0.2, 0.25) is 12.7 Å². The summed E-state index contributed by atoms with van der Waals surface area (Å²) in [7, 11) is 0. The minimum atomic E-state index is -4.91. The SMILES string of the molecule is O=C(NCCN1C(=O)C2(COc3cc4c(cc32)OCO4)c2ccccc21)Nc1ccccc1OC(F)(F)F. The van der Waals surface area contributed by atoms with Crippen molar-refractivity contribution in [2.75, 3.05) is 36.7 Å². The van der Waals surface area contributed by atoms with Crippen molar-refractivity contribution in [3.05, 3.63) is 71.8 Å². The topological polar surface area (TPSA) is 98.4 Å². The van der Waals surface area contributed by atoms with E-state index in [0.717, 1.165) is 11.6 Å². The van der Waals surface area contributed by atoms with E-state index in [9.17, 15) is 22.8 Å². The van der Waals surface area contributed by atoms with Gasteiger partial charge < -0.3 is 34.5 Å². The maximum absolute atomic E-state index is 13.9. The first kappa shape index (κ1) is 23.8. The fraction of sp³-hybridized carbons (Fsp3) is 0.231. The molecule has 0 fully saturated rings. The van der Waals surface area contributed by atoms with Crippen molar-refractivity contribution in [2.45, 2.75) is 11.8 Å². The van der Waals surface area contributed by atoms with Crippen LogP contribution in [0.4, 0.5) is 29.3 Å². The van der Waals surface area contributed by atoms with Crippen LogP contribution in [0, 0.1) is 0 Å². The Hall–Kier alpha value is -4.61. The summed E-state index contributed by atoms with van der Waals surface area (Å²) < 4.78 is 58.8. The van der Waals surface area contributed by atoms with Crippen molar-refractivity contribution in [1.82, 2.24) is 5.32 Å². The van der Waals surface area contributed by atoms with Crippen LogP contribution in [0.2, 0.25) is 0 Å². The molecule has 3 aromatic carbocycles. The van der Waals surface area contributed by atoms with Gasteiger partial charge in [-0.25, -0.2) is 4.79 Å². The van der Waals surface area contributed by atoms with Gasteiger partial charge in [0.1, 0.15) is 17.8 Å². The molecule has 9 nitrogen and oxygen atoms in total. The molecule has 1 unspecified atom stereocenters. The molecular formula is C26H20F3N3O6. The maximum atomic E-state index is 13.9. The number of halogens is 3. The van der Waals surface area contributed by atoms with Gasteiger partial charge in [-0.2, -0.15) is 0 Å². The van der Waals surface area contributed by atoms with Crippen LogP contribution in [0.15, 0.2) is 60.7 Å². The maximum Gasteiger partial charge on any atom is 0.573 e. The number of benzene rings is 3. The van der Waals surface area contributed by atoms with Gasteiger partial charge >= 0.3 is 12.4 Å². The van der Waals surface area contributed by atoms with Gasteiger partial charge in [-0.05, 0) is 29.8 Å². The number of ether oxygens (including phenoxy) is 4. The van der Waals surface area contributed by atoms with E-state index in [2.05, 4.69) is 15.4 Å². The Morgan fingerprint density at radius 2 is 1.71 bits per heavy atom. The first-order chi connectivity index (χ1) is 18.3. The molecule has 3 aliphatic heterocycles. The Labute approximate surface area is 214 Å². The largest absolute Gasteiger partial charge is 0.573 e. The fourth-order valence-electron chi connectivity index (χ4n) is 5.02. The quantitative estimate of drug-likeness (QED) is 0.517. The first-order valence-electron chi connectivity index (χ1n) is 11.6. The number of fused-ring (bicyclic) bond motifs is 5. The summed E-state index contributed by atoms with van der Waals surface area (Å²) >= 11 is 0. The van der Waals surface area contributed by atoms with Crippen LogP contribution in [0.5, 0.6) is 23.0 Å². The van der Waals surface area contributed by atoms with Crippen molar-refractivity contribution in [3.8, 4) is 23.0 Å². The second-order valence-electron chi connectivity index (χ2n) is 8.79. The van der Waals surface area contributed by atoms with Crippen LogP contribution in [0.25, 0.3) is 0 Å². The van der Waals surface area contributed by atoms with Gasteiger partial charge in [-0.3, -0.25) is 4.79 Å². The summed E-state index contributed by atoms with van der Waals surface area (Å²) in [6, 6.07) is 15.3. The smallest absolute Gasteiger partial charge is 0.491 e. The van der Waals surface area contributed by atoms with Crippen LogP contribution >= 0.6 is 0 Å². The average molecular weight is 527 g/mol. The van der Waals surface area contributed by atoms with Gasteiger partial charge in [0.25, 0.3) is 0 Å². The van der Waals surface area contributed by atoms with Crippen LogP contribution in [-0.4, -0.2) is 44.8 Å². The number of nitrogens with zero attached hydrogens (tertiary/aromatic N) is 1. The number of carbonyl (C=O) groups excluding carboxylic acids is 2. The summed E-state index contributed by atoms with van der Waals surface area (Å²) in [5.41, 5.74) is 0.891. The molecular weight excluding hydrogens is 507 g/mol. The van der Waals surface area contributed by atoms with Gasteiger partial charge in [-0.1, -0.05) is 30.3 Å². The van der Waals surface area contributed by atoms with E-state index in [0.29, 0.717) is 28.5 Å². The van der Waals surface area contributed by atoms with E-state index in [1.807, 2.05) is 24.3 Å². The molecule has 0 bridgehead atoms. The molecule has 1 atom stereocenters. The van der Waals surface area contributed by atoms with Gasteiger partial charge in [0, 0.05) is 30.4 Å². The van der Waals surface area contributed by atoms with Crippen LogP contribution < -0.4 is 34.5 Å². The summed E-state index contributed by atoms with van der Waals surface area (Å²) in [5, 5.41) is 4.93. The monoisotopic (exact) mass is 527 g/mol. The summed E-state index contributed by atoms with van der Waals surface area (Å²) in [6.07, 6.45) is -4.91. The molecule has 196 valence electrons. The molecule has 6 rings (SSSR count). The fourth-order valence-corrected chi connectivity index (χ4v) is 5.02. The zero-order valence-corrected chi connectivity index (χ0v) is 19.6. The number of hydrogen-bond acceptors (Lipinski definition) is 6. The summed E-state index contributed by atoms with van der Waals surface area (Å²) in [6.45, 7) is 0.328. The second kappa shape index (κ2) is 8.75. The first-order valence-corrected chi connectivity index (χ1v) is 11.6. The lowest BCUT2D eigenvalue weighted by atomic mass is 9.77. The average Bonchev–Trinajstić information content (AvgIpc) is 3.55. The number of amides is 3. The molecule has 1 spiro atoms. The minimum Gasteiger partial charge on any atom is -0.491 e. The summed E-state index contributed by atoms with van der Waals surface area (Å²) in [4.78, 5) is 27.9. The Morgan fingerprint density at radius 3 is 2.53 bits per heavy atom. The van der Waals surface area contributed by atoms with Crippen molar-refractivity contribution in [3.63, 3.8) is 0 Å². The number of anilines is 2. The molecule has 3 amide bonds. The molecule has 2 N–H and O–H groups in total. The van der Waals surface area contributed by atoms with Crippen molar-refractivity contribution in [2.24, 2.45) is 0 Å². The molecule has 0 saturated heterocycles. The van der Waals surface area contributed by atoms with Crippen LogP contribution in [-0.2, 0) is 10.2 Å². The predicted molar refractivity (Wildman–Crippen MR) is 128 cm³/mol. The zero-order valence-electron chi connectivity index (χ0n) is 19.6.